The number of nitrogens with one attached hydrogen (secondary N) is 2. The lowest BCUT2D eigenvalue weighted by Gasteiger charge is -2.14. The normalized spacial score (nSPS) is 10.0. The van der Waals surface area contributed by atoms with Gasteiger partial charge in [-0.2, -0.15) is 0 Å². The molecule has 0 amide bonds. The first kappa shape index (κ1) is 16.3. The highest BCUT2D eigenvalue weighted by Gasteiger charge is 2.05. The molecular formula is C17H20N2O2S. The molecule has 2 rings (SSSR count). The Hall–Kier alpha value is -2.11. The van der Waals surface area contributed by atoms with Crippen LogP contribution in [-0.2, 0) is 4.74 Å². The van der Waals surface area contributed by atoms with Gasteiger partial charge in [0.2, 0.25) is 0 Å². The molecule has 2 aromatic rings. The molecule has 0 atom stereocenters. The number of ether oxygens (including phenoxy) is 2. The summed E-state index contributed by atoms with van der Waals surface area (Å²) in [6.45, 7) is 1.48. The van der Waals surface area contributed by atoms with Crippen molar-refractivity contribution in [3.8, 4) is 11.5 Å². The Kier molecular flexibility index (Phi) is 6.67. The van der Waals surface area contributed by atoms with Gasteiger partial charge in [-0.05, 0) is 42.9 Å². The summed E-state index contributed by atoms with van der Waals surface area (Å²) in [5.74, 6) is 1.52. The van der Waals surface area contributed by atoms with Gasteiger partial charge in [-0.15, -0.1) is 0 Å². The van der Waals surface area contributed by atoms with E-state index in [9.17, 15) is 0 Å². The topological polar surface area (TPSA) is 42.5 Å². The van der Waals surface area contributed by atoms with Crippen LogP contribution in [0.2, 0.25) is 0 Å². The highest BCUT2D eigenvalue weighted by atomic mass is 32.1. The standard InChI is InChI=1S/C17H20N2O2S/c1-20-13-7-12-18-17(22)19-15-10-5-6-11-16(15)21-14-8-3-2-4-9-14/h2-6,8-11H,7,12-13H2,1H3,(H2,18,19,22). The van der Waals surface area contributed by atoms with E-state index in [0.29, 0.717) is 11.7 Å². The van der Waals surface area contributed by atoms with E-state index >= 15 is 0 Å². The molecule has 0 aliphatic rings. The first-order chi connectivity index (χ1) is 10.8. The molecular weight excluding hydrogens is 296 g/mol. The van der Waals surface area contributed by atoms with Gasteiger partial charge in [-0.25, -0.2) is 0 Å². The average molecular weight is 316 g/mol. The molecule has 0 saturated carbocycles. The van der Waals surface area contributed by atoms with Crippen molar-refractivity contribution in [3.63, 3.8) is 0 Å². The number of rotatable bonds is 7. The van der Waals surface area contributed by atoms with Gasteiger partial charge >= 0.3 is 0 Å². The van der Waals surface area contributed by atoms with E-state index in [4.69, 9.17) is 21.7 Å². The third-order valence-electron chi connectivity index (χ3n) is 2.92. The van der Waals surface area contributed by atoms with Crippen LogP contribution in [0.5, 0.6) is 11.5 Å². The molecule has 2 N–H and O–H groups in total. The second kappa shape index (κ2) is 9.02. The lowest BCUT2D eigenvalue weighted by molar-refractivity contribution is 0.196. The Morgan fingerprint density at radius 3 is 2.55 bits per heavy atom. The van der Waals surface area contributed by atoms with Gasteiger partial charge in [0.15, 0.2) is 10.9 Å². The van der Waals surface area contributed by atoms with E-state index in [2.05, 4.69) is 10.6 Å². The van der Waals surface area contributed by atoms with Crippen LogP contribution in [-0.4, -0.2) is 25.4 Å². The molecule has 0 bridgehead atoms. The summed E-state index contributed by atoms with van der Waals surface area (Å²) in [5.41, 5.74) is 0.829. The highest BCUT2D eigenvalue weighted by molar-refractivity contribution is 7.80. The Morgan fingerprint density at radius 1 is 1.05 bits per heavy atom. The minimum absolute atomic E-state index is 0.570. The van der Waals surface area contributed by atoms with Crippen molar-refractivity contribution in [3.05, 3.63) is 54.6 Å². The third-order valence-corrected chi connectivity index (χ3v) is 3.16. The van der Waals surface area contributed by atoms with Gasteiger partial charge in [0.1, 0.15) is 5.75 Å². The second-order valence-corrected chi connectivity index (χ2v) is 5.05. The van der Waals surface area contributed by atoms with Crippen LogP contribution in [0.4, 0.5) is 5.69 Å². The average Bonchev–Trinajstić information content (AvgIpc) is 2.54. The number of methoxy groups -OCH3 is 1. The van der Waals surface area contributed by atoms with Gasteiger partial charge in [0.05, 0.1) is 5.69 Å². The zero-order chi connectivity index (χ0) is 15.6. The number of benzene rings is 2. The van der Waals surface area contributed by atoms with Crippen molar-refractivity contribution in [2.24, 2.45) is 0 Å². The van der Waals surface area contributed by atoms with Crippen molar-refractivity contribution < 1.29 is 9.47 Å². The fourth-order valence-corrected chi connectivity index (χ4v) is 2.07. The minimum atomic E-state index is 0.570. The van der Waals surface area contributed by atoms with Crippen LogP contribution in [0.3, 0.4) is 0 Å². The van der Waals surface area contributed by atoms with E-state index in [1.807, 2.05) is 54.6 Å². The molecule has 5 heteroatoms. The zero-order valence-corrected chi connectivity index (χ0v) is 13.4. The fourth-order valence-electron chi connectivity index (χ4n) is 1.86. The first-order valence-corrected chi connectivity index (χ1v) is 7.56. The maximum atomic E-state index is 5.88. The zero-order valence-electron chi connectivity index (χ0n) is 12.5. The second-order valence-electron chi connectivity index (χ2n) is 4.64. The third kappa shape index (κ3) is 5.35. The molecule has 0 saturated heterocycles. The molecule has 0 heterocycles. The van der Waals surface area contributed by atoms with Crippen LogP contribution in [0.25, 0.3) is 0 Å². The predicted octanol–water partition coefficient (Wildman–Crippen LogP) is 3.80. The van der Waals surface area contributed by atoms with Crippen molar-refractivity contribution >= 4 is 23.0 Å². The molecule has 0 aromatic heterocycles. The Morgan fingerprint density at radius 2 is 1.77 bits per heavy atom. The lowest BCUT2D eigenvalue weighted by atomic mass is 10.3. The van der Waals surface area contributed by atoms with Crippen LogP contribution >= 0.6 is 12.2 Å². The van der Waals surface area contributed by atoms with Gasteiger partial charge < -0.3 is 20.1 Å². The molecule has 0 aliphatic carbocycles. The molecule has 0 spiro atoms. The van der Waals surface area contributed by atoms with Gasteiger partial charge in [-0.3, -0.25) is 0 Å². The van der Waals surface area contributed by atoms with Crippen LogP contribution in [0.15, 0.2) is 54.6 Å². The van der Waals surface area contributed by atoms with Crippen molar-refractivity contribution in [1.82, 2.24) is 5.32 Å². The summed E-state index contributed by atoms with van der Waals surface area (Å²) < 4.78 is 10.9. The van der Waals surface area contributed by atoms with E-state index in [1.54, 1.807) is 7.11 Å². The fraction of sp³-hybridized carbons (Fsp3) is 0.235. The molecule has 4 nitrogen and oxygen atoms in total. The van der Waals surface area contributed by atoms with Gasteiger partial charge in [-0.1, -0.05) is 30.3 Å². The molecule has 0 radical (unpaired) electrons. The van der Waals surface area contributed by atoms with Crippen LogP contribution < -0.4 is 15.4 Å². The monoisotopic (exact) mass is 316 g/mol. The molecule has 0 aliphatic heterocycles. The Labute approximate surface area is 136 Å². The van der Waals surface area contributed by atoms with Crippen molar-refractivity contribution in [1.29, 1.82) is 0 Å². The number of hydrogen-bond acceptors (Lipinski definition) is 3. The summed E-state index contributed by atoms with van der Waals surface area (Å²) >= 11 is 5.29. The first-order valence-electron chi connectivity index (χ1n) is 7.15. The van der Waals surface area contributed by atoms with Crippen LogP contribution in [0, 0.1) is 0 Å². The number of hydrogen-bond donors (Lipinski definition) is 2. The summed E-state index contributed by atoms with van der Waals surface area (Å²) in [6, 6.07) is 17.4. The predicted molar refractivity (Wildman–Crippen MR) is 93.7 cm³/mol. The Balaban J connectivity index is 1.95. The van der Waals surface area contributed by atoms with E-state index in [0.717, 1.165) is 30.2 Å². The van der Waals surface area contributed by atoms with Gasteiger partial charge in [0.25, 0.3) is 0 Å². The van der Waals surface area contributed by atoms with Gasteiger partial charge in [0, 0.05) is 20.3 Å². The van der Waals surface area contributed by atoms with E-state index < -0.39 is 0 Å². The number of anilines is 1. The van der Waals surface area contributed by atoms with Crippen LogP contribution in [0.1, 0.15) is 6.42 Å². The maximum Gasteiger partial charge on any atom is 0.170 e. The van der Waals surface area contributed by atoms with Crippen molar-refractivity contribution in [2.45, 2.75) is 6.42 Å². The molecule has 22 heavy (non-hydrogen) atoms. The summed E-state index contributed by atoms with van der Waals surface area (Å²) in [5, 5.41) is 6.87. The lowest BCUT2D eigenvalue weighted by Crippen LogP contribution is -2.29. The molecule has 0 fully saturated rings. The van der Waals surface area contributed by atoms with E-state index in [1.165, 1.54) is 0 Å². The van der Waals surface area contributed by atoms with Crippen molar-refractivity contribution in [2.75, 3.05) is 25.6 Å². The molecule has 0 unspecified atom stereocenters. The van der Waals surface area contributed by atoms with E-state index in [-0.39, 0.29) is 0 Å². The smallest absolute Gasteiger partial charge is 0.170 e. The summed E-state index contributed by atoms with van der Waals surface area (Å²) in [6.07, 6.45) is 0.903. The Bertz CT molecular complexity index is 590. The quantitative estimate of drug-likeness (QED) is 0.601. The number of para-hydroxylation sites is 3. The molecule has 116 valence electrons. The summed E-state index contributed by atoms with van der Waals surface area (Å²) in [7, 11) is 1.69. The molecule has 2 aromatic carbocycles. The SMILES string of the molecule is COCCCNC(=S)Nc1ccccc1Oc1ccccc1. The minimum Gasteiger partial charge on any atom is -0.455 e. The summed E-state index contributed by atoms with van der Waals surface area (Å²) in [4.78, 5) is 0. The largest absolute Gasteiger partial charge is 0.455 e. The number of thiocarbonyl (C=S) groups is 1. The highest BCUT2D eigenvalue weighted by Crippen LogP contribution is 2.28. The maximum absolute atomic E-state index is 5.88.